The summed E-state index contributed by atoms with van der Waals surface area (Å²) < 4.78 is 51.6. The van der Waals surface area contributed by atoms with Crippen molar-refractivity contribution in [3.63, 3.8) is 0 Å². The van der Waals surface area contributed by atoms with Gasteiger partial charge in [0.25, 0.3) is 5.91 Å². The predicted octanol–water partition coefficient (Wildman–Crippen LogP) is 7.18. The summed E-state index contributed by atoms with van der Waals surface area (Å²) in [5.41, 5.74) is 0.170. The second-order valence-corrected chi connectivity index (χ2v) is 13.7. The number of carbonyl (C=O) groups excluding carboxylic acids is 3. The quantitative estimate of drug-likeness (QED) is 0.281. The third-order valence-corrected chi connectivity index (χ3v) is 9.56. The van der Waals surface area contributed by atoms with Crippen LogP contribution in [0.25, 0.3) is 0 Å². The number of benzene rings is 2. The molecular weight excluding hydrogens is 653 g/mol. The number of halogens is 3. The summed E-state index contributed by atoms with van der Waals surface area (Å²) in [7, 11) is 1.57. The number of hydrogen-bond donors (Lipinski definition) is 3. The molecule has 2 aliphatic rings. The molecule has 1 fully saturated rings. The normalized spacial score (nSPS) is 22.0. The second-order valence-electron chi connectivity index (χ2n) is 13.7. The summed E-state index contributed by atoms with van der Waals surface area (Å²) >= 11 is 0. The molecular formula is C37H51F3N4O6. The highest BCUT2D eigenvalue weighted by atomic mass is 19.4. The Hall–Kier alpha value is -3.84. The van der Waals surface area contributed by atoms with Crippen molar-refractivity contribution >= 4 is 29.2 Å². The van der Waals surface area contributed by atoms with E-state index in [1.54, 1.807) is 37.1 Å². The number of alkyl halides is 3. The number of carbonyl (C=O) groups is 3. The first-order valence-corrected chi connectivity index (χ1v) is 17.6. The van der Waals surface area contributed by atoms with E-state index in [-0.39, 0.29) is 60.7 Å². The van der Waals surface area contributed by atoms with Gasteiger partial charge < -0.3 is 35.0 Å². The molecule has 0 radical (unpaired) electrons. The van der Waals surface area contributed by atoms with Crippen LogP contribution in [-0.2, 0) is 15.7 Å². The molecule has 2 aromatic carbocycles. The lowest BCUT2D eigenvalue weighted by Crippen LogP contribution is -2.48. The van der Waals surface area contributed by atoms with Crippen molar-refractivity contribution < 1.29 is 42.1 Å². The third-order valence-electron chi connectivity index (χ3n) is 9.56. The number of rotatable bonds is 7. The number of anilines is 2. The van der Waals surface area contributed by atoms with Gasteiger partial charge in [-0.05, 0) is 88.4 Å². The van der Waals surface area contributed by atoms with Gasteiger partial charge in [0.2, 0.25) is 5.91 Å². The van der Waals surface area contributed by atoms with Crippen molar-refractivity contribution in [2.24, 2.45) is 11.8 Å². The molecule has 1 heterocycles. The fraction of sp³-hybridized carbons (Fsp3) is 0.595. The summed E-state index contributed by atoms with van der Waals surface area (Å²) in [5, 5.41) is 15.9. The summed E-state index contributed by atoms with van der Waals surface area (Å²) in [6.07, 6.45) is 1.84. The van der Waals surface area contributed by atoms with E-state index in [0.717, 1.165) is 57.1 Å². The second kappa shape index (κ2) is 17.9. The zero-order valence-corrected chi connectivity index (χ0v) is 29.4. The highest BCUT2D eigenvalue weighted by Crippen LogP contribution is 2.31. The van der Waals surface area contributed by atoms with Gasteiger partial charge >= 0.3 is 12.2 Å². The van der Waals surface area contributed by atoms with Crippen molar-refractivity contribution in [2.45, 2.75) is 96.6 Å². The average molecular weight is 705 g/mol. The molecule has 50 heavy (non-hydrogen) atoms. The highest BCUT2D eigenvalue weighted by Gasteiger charge is 2.32. The van der Waals surface area contributed by atoms with Gasteiger partial charge in [-0.1, -0.05) is 26.2 Å². The molecule has 1 aliphatic carbocycles. The minimum absolute atomic E-state index is 0.0621. The molecule has 10 nitrogen and oxygen atoms in total. The van der Waals surface area contributed by atoms with E-state index in [1.165, 1.54) is 17.0 Å². The summed E-state index contributed by atoms with van der Waals surface area (Å²) in [6, 6.07) is 8.22. The Bertz CT molecular complexity index is 1430. The van der Waals surface area contributed by atoms with Gasteiger partial charge in [-0.25, -0.2) is 4.79 Å². The minimum atomic E-state index is -4.48. The van der Waals surface area contributed by atoms with Crippen LogP contribution in [0.4, 0.5) is 29.3 Å². The Labute approximate surface area is 292 Å². The van der Waals surface area contributed by atoms with E-state index >= 15 is 0 Å². The third kappa shape index (κ3) is 10.8. The molecule has 0 bridgehead atoms. The van der Waals surface area contributed by atoms with Gasteiger partial charge in [0.1, 0.15) is 5.75 Å². The zero-order valence-electron chi connectivity index (χ0n) is 29.4. The van der Waals surface area contributed by atoms with Crippen LogP contribution in [0.1, 0.15) is 88.1 Å². The van der Waals surface area contributed by atoms with Gasteiger partial charge in [0, 0.05) is 50.0 Å². The number of aliphatic hydroxyl groups is 1. The topological polar surface area (TPSA) is 120 Å². The lowest BCUT2D eigenvalue weighted by atomic mass is 9.88. The first-order valence-electron chi connectivity index (χ1n) is 17.6. The average Bonchev–Trinajstić information content (AvgIpc) is 3.09. The van der Waals surface area contributed by atoms with Crippen LogP contribution in [0.2, 0.25) is 0 Å². The summed E-state index contributed by atoms with van der Waals surface area (Å²) in [5.74, 6) is -0.421. The van der Waals surface area contributed by atoms with Crippen LogP contribution in [-0.4, -0.2) is 84.4 Å². The Morgan fingerprint density at radius 2 is 1.64 bits per heavy atom. The minimum Gasteiger partial charge on any atom is -0.490 e. The van der Waals surface area contributed by atoms with Gasteiger partial charge in [-0.15, -0.1) is 0 Å². The molecule has 0 aromatic heterocycles. The van der Waals surface area contributed by atoms with Gasteiger partial charge in [0.15, 0.2) is 0 Å². The van der Waals surface area contributed by atoms with Crippen molar-refractivity contribution in [3.8, 4) is 5.75 Å². The van der Waals surface area contributed by atoms with Crippen molar-refractivity contribution in [3.05, 3.63) is 53.6 Å². The number of hydrogen-bond acceptors (Lipinski definition) is 6. The molecule has 4 amide bonds. The number of likely N-dealkylation sites (N-methyl/N-ethyl adjacent to an activating group) is 1. The fourth-order valence-electron chi connectivity index (χ4n) is 6.39. The maximum atomic E-state index is 14.4. The number of amides is 4. The maximum absolute atomic E-state index is 14.4. The molecule has 4 rings (SSSR count). The van der Waals surface area contributed by atoms with E-state index in [1.807, 2.05) is 13.8 Å². The molecule has 0 saturated heterocycles. The molecule has 2 aromatic rings. The highest BCUT2D eigenvalue weighted by molar-refractivity contribution is 6.00. The van der Waals surface area contributed by atoms with Gasteiger partial charge in [-0.2, -0.15) is 13.2 Å². The Balaban J connectivity index is 1.55. The SMILES string of the molecule is C[C@@H]1CCCCO[C@@H](CN(C)C(=O)Nc2ccc(C(F)(F)F)cc2)[C@H](C)CN([C@@H](C)CO)C(=O)c2cc(NC(=O)C3CCCCC3)ccc2O1. The largest absolute Gasteiger partial charge is 0.490 e. The van der Waals surface area contributed by atoms with Gasteiger partial charge in [-0.3, -0.25) is 9.59 Å². The van der Waals surface area contributed by atoms with Gasteiger partial charge in [0.05, 0.1) is 36.0 Å². The van der Waals surface area contributed by atoms with Crippen LogP contribution in [0.15, 0.2) is 42.5 Å². The van der Waals surface area contributed by atoms with Crippen molar-refractivity contribution in [1.82, 2.24) is 9.80 Å². The summed E-state index contributed by atoms with van der Waals surface area (Å²) in [4.78, 5) is 43.5. The van der Waals surface area contributed by atoms with Crippen LogP contribution in [0, 0.1) is 11.8 Å². The monoisotopic (exact) mass is 704 g/mol. The Morgan fingerprint density at radius 3 is 2.30 bits per heavy atom. The number of nitrogens with zero attached hydrogens (tertiary/aromatic N) is 2. The molecule has 3 N–H and O–H groups in total. The van der Waals surface area contributed by atoms with E-state index in [0.29, 0.717) is 24.5 Å². The molecule has 13 heteroatoms. The smallest absolute Gasteiger partial charge is 0.416 e. The van der Waals surface area contributed by atoms with E-state index in [2.05, 4.69) is 10.6 Å². The molecule has 0 spiro atoms. The van der Waals surface area contributed by atoms with Crippen LogP contribution < -0.4 is 15.4 Å². The molecule has 0 unspecified atom stereocenters. The summed E-state index contributed by atoms with van der Waals surface area (Å²) in [6.45, 7) is 5.99. The van der Waals surface area contributed by atoms with Crippen molar-refractivity contribution in [2.75, 3.05) is 44.0 Å². The molecule has 4 atom stereocenters. The number of aliphatic hydroxyl groups excluding tert-OH is 1. The standard InChI is InChI=1S/C37H51F3N4O6/c1-24-21-44(25(2)23-45)35(47)31-20-30(41-34(46)27-11-6-5-7-12-27)17-18-32(31)50-26(3)10-8-9-19-49-33(24)22-43(4)36(48)42-29-15-13-28(14-16-29)37(38,39)40/h13-18,20,24-27,33,45H,5-12,19,21-23H2,1-4H3,(H,41,46)(H,42,48)/t24-,25+,26-,33+/m1/s1. The molecule has 1 saturated carbocycles. The lowest BCUT2D eigenvalue weighted by molar-refractivity contribution is -0.137. The van der Waals surface area contributed by atoms with Crippen LogP contribution >= 0.6 is 0 Å². The van der Waals surface area contributed by atoms with Crippen LogP contribution in [0.3, 0.4) is 0 Å². The number of ether oxygens (including phenoxy) is 2. The van der Waals surface area contributed by atoms with E-state index in [4.69, 9.17) is 9.47 Å². The van der Waals surface area contributed by atoms with Crippen molar-refractivity contribution in [1.29, 1.82) is 0 Å². The number of fused-ring (bicyclic) bond motifs is 1. The zero-order chi connectivity index (χ0) is 36.4. The maximum Gasteiger partial charge on any atom is 0.416 e. The first-order chi connectivity index (χ1) is 23.8. The lowest BCUT2D eigenvalue weighted by Gasteiger charge is -2.35. The number of urea groups is 1. The molecule has 276 valence electrons. The van der Waals surface area contributed by atoms with E-state index < -0.39 is 29.9 Å². The first kappa shape index (κ1) is 39.0. The predicted molar refractivity (Wildman–Crippen MR) is 185 cm³/mol. The molecule has 1 aliphatic heterocycles. The Morgan fingerprint density at radius 1 is 0.980 bits per heavy atom. The van der Waals surface area contributed by atoms with E-state index in [9.17, 15) is 32.7 Å². The fourth-order valence-corrected chi connectivity index (χ4v) is 6.39. The number of nitrogens with one attached hydrogen (secondary N) is 2. The Kier molecular flexibility index (Phi) is 13.9. The van der Waals surface area contributed by atoms with Crippen LogP contribution in [0.5, 0.6) is 5.75 Å².